The zero-order chi connectivity index (χ0) is 18.1. The van der Waals surface area contributed by atoms with Gasteiger partial charge in [-0.05, 0) is 55.3 Å². The van der Waals surface area contributed by atoms with Crippen LogP contribution < -0.4 is 9.47 Å². The molecular weight excluding hydrogens is 316 g/mol. The SMILES string of the molecule is CCN(CCc1ccncc1)C(=O)/C=C/c1cc(OC)ccc1OC. The number of methoxy groups -OCH3 is 2. The van der Waals surface area contributed by atoms with Crippen LogP contribution >= 0.6 is 0 Å². The summed E-state index contributed by atoms with van der Waals surface area (Å²) in [5.74, 6) is 1.39. The van der Waals surface area contributed by atoms with Gasteiger partial charge in [-0.3, -0.25) is 9.78 Å². The van der Waals surface area contributed by atoms with E-state index in [-0.39, 0.29) is 5.91 Å². The predicted octanol–water partition coefficient (Wildman–Crippen LogP) is 3.20. The zero-order valence-electron chi connectivity index (χ0n) is 14.9. The molecule has 25 heavy (non-hydrogen) atoms. The molecule has 0 N–H and O–H groups in total. The van der Waals surface area contributed by atoms with Crippen molar-refractivity contribution in [2.45, 2.75) is 13.3 Å². The third kappa shape index (κ3) is 5.35. The maximum absolute atomic E-state index is 12.5. The number of aromatic nitrogens is 1. The van der Waals surface area contributed by atoms with Crippen LogP contribution in [-0.2, 0) is 11.2 Å². The second-order valence-electron chi connectivity index (χ2n) is 5.46. The van der Waals surface area contributed by atoms with Gasteiger partial charge in [0, 0.05) is 37.1 Å². The molecule has 1 heterocycles. The second kappa shape index (κ2) is 9.47. The standard InChI is InChI=1S/C20H24N2O3/c1-4-22(14-11-16-9-12-21-13-10-16)20(23)8-5-17-15-18(24-2)6-7-19(17)25-3/h5-10,12-13,15H,4,11,14H2,1-3H3/b8-5+. The van der Waals surface area contributed by atoms with Crippen molar-refractivity contribution in [1.82, 2.24) is 9.88 Å². The first-order valence-corrected chi connectivity index (χ1v) is 8.25. The van der Waals surface area contributed by atoms with Crippen molar-refractivity contribution in [2.24, 2.45) is 0 Å². The molecule has 1 aromatic heterocycles. The number of hydrogen-bond acceptors (Lipinski definition) is 4. The lowest BCUT2D eigenvalue weighted by atomic mass is 10.1. The number of rotatable bonds is 8. The van der Waals surface area contributed by atoms with E-state index in [1.165, 1.54) is 5.56 Å². The molecule has 0 unspecified atom stereocenters. The molecule has 5 nitrogen and oxygen atoms in total. The van der Waals surface area contributed by atoms with Gasteiger partial charge in [0.2, 0.25) is 5.91 Å². The van der Waals surface area contributed by atoms with Crippen molar-refractivity contribution < 1.29 is 14.3 Å². The second-order valence-corrected chi connectivity index (χ2v) is 5.46. The molecule has 0 bridgehead atoms. The van der Waals surface area contributed by atoms with Crippen molar-refractivity contribution in [3.05, 3.63) is 59.9 Å². The summed E-state index contributed by atoms with van der Waals surface area (Å²) in [6.07, 6.45) is 7.68. The van der Waals surface area contributed by atoms with Crippen molar-refractivity contribution in [1.29, 1.82) is 0 Å². The van der Waals surface area contributed by atoms with Gasteiger partial charge in [0.05, 0.1) is 14.2 Å². The quantitative estimate of drug-likeness (QED) is 0.693. The molecule has 0 radical (unpaired) electrons. The van der Waals surface area contributed by atoms with Gasteiger partial charge in [-0.2, -0.15) is 0 Å². The molecule has 1 aromatic carbocycles. The summed E-state index contributed by atoms with van der Waals surface area (Å²) in [4.78, 5) is 18.3. The number of hydrogen-bond donors (Lipinski definition) is 0. The normalized spacial score (nSPS) is 10.7. The van der Waals surface area contributed by atoms with Crippen LogP contribution in [0.5, 0.6) is 11.5 Å². The average Bonchev–Trinajstić information content (AvgIpc) is 2.67. The molecule has 0 aliphatic heterocycles. The lowest BCUT2D eigenvalue weighted by Crippen LogP contribution is -2.31. The largest absolute Gasteiger partial charge is 0.497 e. The highest BCUT2D eigenvalue weighted by Crippen LogP contribution is 2.25. The fraction of sp³-hybridized carbons (Fsp3) is 0.300. The van der Waals surface area contributed by atoms with E-state index in [4.69, 9.17) is 9.47 Å². The predicted molar refractivity (Wildman–Crippen MR) is 98.8 cm³/mol. The molecule has 0 fully saturated rings. The Hall–Kier alpha value is -2.82. The molecule has 2 aromatic rings. The topological polar surface area (TPSA) is 51.7 Å². The van der Waals surface area contributed by atoms with Crippen molar-refractivity contribution in [2.75, 3.05) is 27.3 Å². The van der Waals surface area contributed by atoms with Crippen LogP contribution in [0, 0.1) is 0 Å². The molecule has 0 saturated carbocycles. The van der Waals surface area contributed by atoms with E-state index in [1.807, 2.05) is 42.2 Å². The number of carbonyl (C=O) groups excluding carboxylic acids is 1. The van der Waals surface area contributed by atoms with Gasteiger partial charge in [-0.1, -0.05) is 0 Å². The number of amides is 1. The third-order valence-electron chi connectivity index (χ3n) is 3.96. The number of likely N-dealkylation sites (N-methyl/N-ethyl adjacent to an activating group) is 1. The van der Waals surface area contributed by atoms with Crippen LogP contribution in [0.25, 0.3) is 6.08 Å². The van der Waals surface area contributed by atoms with Gasteiger partial charge in [0.25, 0.3) is 0 Å². The number of nitrogens with zero attached hydrogens (tertiary/aromatic N) is 2. The highest BCUT2D eigenvalue weighted by atomic mass is 16.5. The Morgan fingerprint density at radius 2 is 1.92 bits per heavy atom. The van der Waals surface area contributed by atoms with E-state index >= 15 is 0 Å². The van der Waals surface area contributed by atoms with E-state index in [9.17, 15) is 4.79 Å². The Kier molecular flexibility index (Phi) is 7.01. The fourth-order valence-electron chi connectivity index (χ4n) is 2.47. The molecule has 5 heteroatoms. The molecule has 0 saturated heterocycles. The molecular formula is C20H24N2O3. The van der Waals surface area contributed by atoms with Crippen LogP contribution in [0.4, 0.5) is 0 Å². The van der Waals surface area contributed by atoms with Gasteiger partial charge in [0.15, 0.2) is 0 Å². The number of carbonyl (C=O) groups is 1. The smallest absolute Gasteiger partial charge is 0.246 e. The van der Waals surface area contributed by atoms with Crippen LogP contribution in [0.1, 0.15) is 18.1 Å². The summed E-state index contributed by atoms with van der Waals surface area (Å²) in [5, 5.41) is 0. The summed E-state index contributed by atoms with van der Waals surface area (Å²) < 4.78 is 10.6. The summed E-state index contributed by atoms with van der Waals surface area (Å²) in [6, 6.07) is 9.43. The number of ether oxygens (including phenoxy) is 2. The number of benzene rings is 1. The van der Waals surface area contributed by atoms with Gasteiger partial charge < -0.3 is 14.4 Å². The summed E-state index contributed by atoms with van der Waals surface area (Å²) in [6.45, 7) is 3.30. The van der Waals surface area contributed by atoms with Crippen LogP contribution in [0.15, 0.2) is 48.8 Å². The van der Waals surface area contributed by atoms with E-state index in [0.717, 1.165) is 17.7 Å². The fourth-order valence-corrected chi connectivity index (χ4v) is 2.47. The van der Waals surface area contributed by atoms with E-state index in [1.54, 1.807) is 38.8 Å². The minimum absolute atomic E-state index is 0.0265. The lowest BCUT2D eigenvalue weighted by Gasteiger charge is -2.19. The Morgan fingerprint density at radius 1 is 1.16 bits per heavy atom. The third-order valence-corrected chi connectivity index (χ3v) is 3.96. The highest BCUT2D eigenvalue weighted by Gasteiger charge is 2.09. The average molecular weight is 340 g/mol. The van der Waals surface area contributed by atoms with Gasteiger partial charge in [-0.25, -0.2) is 0 Å². The zero-order valence-corrected chi connectivity index (χ0v) is 14.9. The van der Waals surface area contributed by atoms with E-state index < -0.39 is 0 Å². The molecule has 0 atom stereocenters. The van der Waals surface area contributed by atoms with Crippen molar-refractivity contribution in [3.63, 3.8) is 0 Å². The van der Waals surface area contributed by atoms with Crippen molar-refractivity contribution in [3.8, 4) is 11.5 Å². The first kappa shape index (κ1) is 18.5. The van der Waals surface area contributed by atoms with Gasteiger partial charge in [-0.15, -0.1) is 0 Å². The minimum atomic E-state index is -0.0265. The van der Waals surface area contributed by atoms with E-state index in [0.29, 0.717) is 18.8 Å². The first-order valence-electron chi connectivity index (χ1n) is 8.25. The minimum Gasteiger partial charge on any atom is -0.497 e. The van der Waals surface area contributed by atoms with Crippen LogP contribution in [0.2, 0.25) is 0 Å². The van der Waals surface area contributed by atoms with Gasteiger partial charge in [0.1, 0.15) is 11.5 Å². The maximum atomic E-state index is 12.5. The van der Waals surface area contributed by atoms with Gasteiger partial charge >= 0.3 is 0 Å². The highest BCUT2D eigenvalue weighted by molar-refractivity contribution is 5.92. The molecule has 2 rings (SSSR count). The monoisotopic (exact) mass is 340 g/mol. The Morgan fingerprint density at radius 3 is 2.56 bits per heavy atom. The molecule has 0 spiro atoms. The lowest BCUT2D eigenvalue weighted by molar-refractivity contribution is -0.125. The summed E-state index contributed by atoms with van der Waals surface area (Å²) in [5.41, 5.74) is 1.97. The molecule has 0 aliphatic carbocycles. The van der Waals surface area contributed by atoms with Crippen LogP contribution in [0.3, 0.4) is 0 Å². The van der Waals surface area contributed by atoms with E-state index in [2.05, 4.69) is 4.98 Å². The Balaban J connectivity index is 2.04. The first-order chi connectivity index (χ1) is 12.2. The Bertz CT molecular complexity index is 714. The maximum Gasteiger partial charge on any atom is 0.246 e. The molecule has 132 valence electrons. The summed E-state index contributed by atoms with van der Waals surface area (Å²) >= 11 is 0. The van der Waals surface area contributed by atoms with Crippen LogP contribution in [-0.4, -0.2) is 43.1 Å². The summed E-state index contributed by atoms with van der Waals surface area (Å²) in [7, 11) is 3.21. The Labute approximate surface area is 148 Å². The molecule has 1 amide bonds. The van der Waals surface area contributed by atoms with Crippen molar-refractivity contribution >= 4 is 12.0 Å². The number of pyridine rings is 1. The molecule has 0 aliphatic rings.